The zero-order valence-electron chi connectivity index (χ0n) is 16.5. The Balaban J connectivity index is 1.57. The Labute approximate surface area is 177 Å². The maximum Gasteiger partial charge on any atom is 0.231 e. The fourth-order valence-electron chi connectivity index (χ4n) is 3.20. The molecule has 0 unspecified atom stereocenters. The summed E-state index contributed by atoms with van der Waals surface area (Å²) in [6, 6.07) is 7.18. The summed E-state index contributed by atoms with van der Waals surface area (Å²) in [5.74, 6) is 1.17. The lowest BCUT2D eigenvalue weighted by Gasteiger charge is -2.27. The van der Waals surface area contributed by atoms with Crippen LogP contribution in [0.1, 0.15) is 22.7 Å². The molecule has 1 aliphatic heterocycles. The van der Waals surface area contributed by atoms with Crippen LogP contribution in [0, 0.1) is 25.2 Å². The number of anilines is 2. The second kappa shape index (κ2) is 8.69. The van der Waals surface area contributed by atoms with E-state index < -0.39 is 12.3 Å². The predicted octanol–water partition coefficient (Wildman–Crippen LogP) is 3.31. The zero-order valence-corrected chi connectivity index (χ0v) is 17.3. The quantitative estimate of drug-likeness (QED) is 0.641. The van der Waals surface area contributed by atoms with Crippen LogP contribution in [0.15, 0.2) is 24.5 Å². The number of nitriles is 1. The van der Waals surface area contributed by atoms with E-state index in [0.717, 1.165) is 15.7 Å². The van der Waals surface area contributed by atoms with E-state index >= 15 is 0 Å². The van der Waals surface area contributed by atoms with Crippen molar-refractivity contribution < 1.29 is 9.13 Å². The number of hydrogen-bond donors (Lipinski definition) is 2. The molecule has 154 valence electrons. The third-order valence-corrected chi connectivity index (χ3v) is 5.67. The molecule has 10 heteroatoms. The minimum Gasteiger partial charge on any atom is -0.486 e. The summed E-state index contributed by atoms with van der Waals surface area (Å²) in [6.45, 7) is 4.79. The van der Waals surface area contributed by atoms with Gasteiger partial charge in [-0.25, -0.2) is 19.3 Å². The first-order valence-electron chi connectivity index (χ1n) is 9.49. The Bertz CT molecular complexity index is 1100. The summed E-state index contributed by atoms with van der Waals surface area (Å²) in [4.78, 5) is 17.2. The molecule has 4 rings (SSSR count). The van der Waals surface area contributed by atoms with Gasteiger partial charge >= 0.3 is 0 Å². The molecule has 3 heterocycles. The van der Waals surface area contributed by atoms with Gasteiger partial charge in [-0.05, 0) is 45.0 Å². The number of alkyl halides is 1. The number of thiazole rings is 1. The third kappa shape index (κ3) is 4.37. The topological polar surface area (TPSA) is 109 Å². The highest BCUT2D eigenvalue weighted by atomic mass is 32.1. The number of aromatic nitrogens is 4. The van der Waals surface area contributed by atoms with Crippen LogP contribution in [0.2, 0.25) is 0 Å². The van der Waals surface area contributed by atoms with Crippen LogP contribution in [0.3, 0.4) is 0 Å². The Morgan fingerprint density at radius 1 is 1.30 bits per heavy atom. The number of hydrogen-bond acceptors (Lipinski definition) is 9. The van der Waals surface area contributed by atoms with Crippen molar-refractivity contribution in [3.8, 4) is 23.2 Å². The second-order valence-electron chi connectivity index (χ2n) is 6.89. The van der Waals surface area contributed by atoms with Gasteiger partial charge in [0.05, 0.1) is 16.3 Å². The van der Waals surface area contributed by atoms with Crippen LogP contribution in [-0.4, -0.2) is 45.3 Å². The van der Waals surface area contributed by atoms with Crippen LogP contribution >= 0.6 is 11.3 Å². The number of nitrogens with zero attached hydrogens (tertiary/aromatic N) is 5. The largest absolute Gasteiger partial charge is 0.486 e. The van der Waals surface area contributed by atoms with Gasteiger partial charge in [0.2, 0.25) is 5.95 Å². The molecule has 3 aromatic rings. The summed E-state index contributed by atoms with van der Waals surface area (Å²) in [6.07, 6.45) is 0.282. The fraction of sp³-hybridized carbons (Fsp3) is 0.350. The first kappa shape index (κ1) is 20.1. The van der Waals surface area contributed by atoms with Gasteiger partial charge < -0.3 is 15.4 Å². The van der Waals surface area contributed by atoms with Gasteiger partial charge in [0.15, 0.2) is 5.82 Å². The van der Waals surface area contributed by atoms with Crippen molar-refractivity contribution in [3.63, 3.8) is 0 Å². The highest BCUT2D eigenvalue weighted by Crippen LogP contribution is 2.29. The lowest BCUT2D eigenvalue weighted by atomic mass is 10.1. The maximum atomic E-state index is 14.1. The Kier molecular flexibility index (Phi) is 5.83. The first-order valence-corrected chi connectivity index (χ1v) is 10.3. The average molecular weight is 425 g/mol. The van der Waals surface area contributed by atoms with E-state index in [4.69, 9.17) is 4.74 Å². The molecule has 8 nitrogen and oxygen atoms in total. The van der Waals surface area contributed by atoms with E-state index in [-0.39, 0.29) is 6.54 Å². The van der Waals surface area contributed by atoms with E-state index in [0.29, 0.717) is 41.6 Å². The van der Waals surface area contributed by atoms with Gasteiger partial charge in [-0.1, -0.05) is 0 Å². The van der Waals surface area contributed by atoms with E-state index in [1.165, 1.54) is 17.7 Å². The molecule has 0 saturated carbocycles. The average Bonchev–Trinajstić information content (AvgIpc) is 3.06. The predicted molar refractivity (Wildman–Crippen MR) is 112 cm³/mol. The molecule has 1 fully saturated rings. The normalized spacial score (nSPS) is 18.6. The van der Waals surface area contributed by atoms with Crippen LogP contribution in [0.4, 0.5) is 15.3 Å². The summed E-state index contributed by atoms with van der Waals surface area (Å²) < 4.78 is 19.8. The smallest absolute Gasteiger partial charge is 0.231 e. The standard InChI is InChI=1S/C20H20FN7OS/c1-11-19(30-12(2)26-11)28-20-25-10-24-18(27-20)13-3-4-16(14(7-13)8-22)29-17-5-6-23-9-15(17)21/h3-4,7,10,15,17,23H,5-6,9H2,1-2H3,(H,24,25,27,28)/t15-,17-/m0/s1. The van der Waals surface area contributed by atoms with E-state index in [2.05, 4.69) is 36.6 Å². The third-order valence-electron chi connectivity index (χ3n) is 4.69. The lowest BCUT2D eigenvalue weighted by molar-refractivity contribution is 0.0729. The van der Waals surface area contributed by atoms with Gasteiger partial charge in [0, 0.05) is 12.1 Å². The van der Waals surface area contributed by atoms with Crippen molar-refractivity contribution >= 4 is 22.3 Å². The van der Waals surface area contributed by atoms with Crippen LogP contribution in [-0.2, 0) is 0 Å². The minimum atomic E-state index is -1.11. The fourth-order valence-corrected chi connectivity index (χ4v) is 4.01. The number of aryl methyl sites for hydroxylation is 2. The highest BCUT2D eigenvalue weighted by molar-refractivity contribution is 7.15. The second-order valence-corrected chi connectivity index (χ2v) is 8.10. The summed E-state index contributed by atoms with van der Waals surface area (Å²) in [7, 11) is 0. The minimum absolute atomic E-state index is 0.254. The molecular weight excluding hydrogens is 405 g/mol. The molecule has 0 bridgehead atoms. The number of piperidine rings is 1. The van der Waals surface area contributed by atoms with Crippen molar-refractivity contribution in [2.45, 2.75) is 32.5 Å². The number of nitrogens with one attached hydrogen (secondary N) is 2. The Morgan fingerprint density at radius 2 is 2.17 bits per heavy atom. The van der Waals surface area contributed by atoms with E-state index in [1.54, 1.807) is 18.2 Å². The number of benzene rings is 1. The van der Waals surface area contributed by atoms with Gasteiger partial charge in [-0.15, -0.1) is 11.3 Å². The molecule has 0 spiro atoms. The van der Waals surface area contributed by atoms with Crippen LogP contribution in [0.25, 0.3) is 11.4 Å². The molecule has 1 saturated heterocycles. The monoisotopic (exact) mass is 425 g/mol. The Hall–Kier alpha value is -3.16. The Morgan fingerprint density at radius 3 is 2.90 bits per heavy atom. The van der Waals surface area contributed by atoms with Crippen molar-refractivity contribution in [2.75, 3.05) is 18.4 Å². The molecule has 0 radical (unpaired) electrons. The molecule has 0 aliphatic carbocycles. The maximum absolute atomic E-state index is 14.1. The molecule has 2 N–H and O–H groups in total. The SMILES string of the molecule is Cc1nc(C)c(Nc2ncnc(-c3ccc(O[C@H]4CCNC[C@@H]4F)c(C#N)c3)n2)s1. The van der Waals surface area contributed by atoms with Crippen molar-refractivity contribution in [3.05, 3.63) is 40.8 Å². The molecule has 30 heavy (non-hydrogen) atoms. The molecule has 0 amide bonds. The summed E-state index contributed by atoms with van der Waals surface area (Å²) >= 11 is 1.52. The van der Waals surface area contributed by atoms with Crippen molar-refractivity contribution in [2.24, 2.45) is 0 Å². The van der Waals surface area contributed by atoms with Crippen LogP contribution in [0.5, 0.6) is 5.75 Å². The molecular formula is C20H20FN7OS. The molecule has 2 aromatic heterocycles. The number of halogens is 1. The first-order chi connectivity index (χ1) is 14.5. The molecule has 1 aromatic carbocycles. The van der Waals surface area contributed by atoms with E-state index in [9.17, 15) is 9.65 Å². The molecule has 2 atom stereocenters. The summed E-state index contributed by atoms with van der Waals surface area (Å²) in [5, 5.41) is 17.5. The van der Waals surface area contributed by atoms with E-state index in [1.807, 2.05) is 13.8 Å². The summed E-state index contributed by atoms with van der Waals surface area (Å²) in [5.41, 5.74) is 1.82. The number of rotatable bonds is 5. The van der Waals surface area contributed by atoms with Gasteiger partial charge in [-0.2, -0.15) is 10.2 Å². The molecule has 1 aliphatic rings. The highest BCUT2D eigenvalue weighted by Gasteiger charge is 2.27. The van der Waals surface area contributed by atoms with Gasteiger partial charge in [0.25, 0.3) is 0 Å². The van der Waals surface area contributed by atoms with Crippen LogP contribution < -0.4 is 15.4 Å². The van der Waals surface area contributed by atoms with Crippen molar-refractivity contribution in [1.82, 2.24) is 25.3 Å². The van der Waals surface area contributed by atoms with Gasteiger partial charge in [-0.3, -0.25) is 0 Å². The lowest BCUT2D eigenvalue weighted by Crippen LogP contribution is -2.44. The zero-order chi connectivity index (χ0) is 21.1. The van der Waals surface area contributed by atoms with Crippen molar-refractivity contribution in [1.29, 1.82) is 5.26 Å². The number of ether oxygens (including phenoxy) is 1. The van der Waals surface area contributed by atoms with Gasteiger partial charge in [0.1, 0.15) is 35.4 Å².